The van der Waals surface area contributed by atoms with Crippen LogP contribution in [0.3, 0.4) is 0 Å². The average molecular weight is 253 g/mol. The van der Waals surface area contributed by atoms with Crippen LogP contribution in [0.4, 0.5) is 8.78 Å². The van der Waals surface area contributed by atoms with E-state index in [1.165, 1.54) is 18.2 Å². The number of benzene rings is 1. The fraction of sp³-hybridized carbons (Fsp3) is 0.571. The maximum absolute atomic E-state index is 13.5. The van der Waals surface area contributed by atoms with Gasteiger partial charge in [-0.05, 0) is 30.4 Å². The molecule has 0 aromatic heterocycles. The number of hydrogen-bond donors (Lipinski definition) is 0. The zero-order valence-corrected chi connectivity index (χ0v) is 10.2. The molecular weight excluding hydrogens is 236 g/mol. The maximum atomic E-state index is 13.5. The minimum Gasteiger partial charge on any atom is -0.381 e. The number of rotatable bonds is 3. The zero-order valence-electron chi connectivity index (χ0n) is 10.2. The van der Waals surface area contributed by atoms with Gasteiger partial charge in [-0.2, -0.15) is 0 Å². The van der Waals surface area contributed by atoms with Gasteiger partial charge in [-0.25, -0.2) is 8.78 Å². The summed E-state index contributed by atoms with van der Waals surface area (Å²) >= 11 is 0. The fourth-order valence-corrected chi connectivity index (χ4v) is 2.87. The van der Waals surface area contributed by atoms with E-state index < -0.39 is 11.6 Å². The smallest absolute Gasteiger partial charge is 0.130 e. The van der Waals surface area contributed by atoms with Crippen molar-refractivity contribution in [3.63, 3.8) is 0 Å². The van der Waals surface area contributed by atoms with Gasteiger partial charge >= 0.3 is 0 Å². The zero-order chi connectivity index (χ0) is 12.5. The molecule has 3 rings (SSSR count). The van der Waals surface area contributed by atoms with Crippen molar-refractivity contribution in [2.45, 2.75) is 13.0 Å². The summed E-state index contributed by atoms with van der Waals surface area (Å²) in [6, 6.07) is 4.05. The van der Waals surface area contributed by atoms with Crippen molar-refractivity contribution in [2.75, 3.05) is 26.3 Å². The number of hydrogen-bond acceptors (Lipinski definition) is 2. The predicted octanol–water partition coefficient (Wildman–Crippen LogP) is 2.43. The van der Waals surface area contributed by atoms with Crippen LogP contribution in [0, 0.1) is 23.5 Å². The van der Waals surface area contributed by atoms with Gasteiger partial charge in [-0.15, -0.1) is 0 Å². The molecular formula is C14H17F2NO. The van der Waals surface area contributed by atoms with Gasteiger partial charge < -0.3 is 4.74 Å². The van der Waals surface area contributed by atoms with Gasteiger partial charge in [0.05, 0.1) is 0 Å². The molecule has 2 saturated heterocycles. The standard InChI is InChI=1S/C14H17F2NO/c15-13-2-1-3-14(16)12(13)8-17-6-11(7-17)10-4-5-18-9-10/h1-3,10-11H,4-9H2. The Labute approximate surface area is 106 Å². The molecule has 0 spiro atoms. The molecule has 0 N–H and O–H groups in total. The van der Waals surface area contributed by atoms with E-state index in [2.05, 4.69) is 4.90 Å². The lowest BCUT2D eigenvalue weighted by atomic mass is 9.85. The van der Waals surface area contributed by atoms with E-state index in [1.54, 1.807) is 0 Å². The third-order valence-electron chi connectivity index (χ3n) is 4.06. The van der Waals surface area contributed by atoms with E-state index in [9.17, 15) is 8.78 Å². The van der Waals surface area contributed by atoms with Gasteiger partial charge in [0.2, 0.25) is 0 Å². The molecule has 0 radical (unpaired) electrons. The first-order valence-corrected chi connectivity index (χ1v) is 6.47. The van der Waals surface area contributed by atoms with Crippen LogP contribution in [-0.4, -0.2) is 31.2 Å². The van der Waals surface area contributed by atoms with Crippen molar-refractivity contribution < 1.29 is 13.5 Å². The molecule has 1 aromatic rings. The summed E-state index contributed by atoms with van der Waals surface area (Å²) in [5.41, 5.74) is 0.193. The Bertz CT molecular complexity index is 406. The predicted molar refractivity (Wildman–Crippen MR) is 64.1 cm³/mol. The molecule has 2 aliphatic heterocycles. The molecule has 98 valence electrons. The molecule has 0 bridgehead atoms. The summed E-state index contributed by atoms with van der Waals surface area (Å²) in [5, 5.41) is 0. The molecule has 1 aromatic carbocycles. The SMILES string of the molecule is Fc1cccc(F)c1CN1CC(C2CCOC2)C1. The first-order chi connectivity index (χ1) is 8.74. The minimum atomic E-state index is -0.442. The van der Waals surface area contributed by atoms with Crippen molar-refractivity contribution >= 4 is 0 Å². The summed E-state index contributed by atoms with van der Waals surface area (Å²) in [7, 11) is 0. The average Bonchev–Trinajstić information content (AvgIpc) is 2.79. The summed E-state index contributed by atoms with van der Waals surface area (Å²) in [6.45, 7) is 3.96. The highest BCUT2D eigenvalue weighted by molar-refractivity contribution is 5.19. The highest BCUT2D eigenvalue weighted by atomic mass is 19.1. The topological polar surface area (TPSA) is 12.5 Å². The molecule has 4 heteroatoms. The first-order valence-electron chi connectivity index (χ1n) is 6.47. The lowest BCUT2D eigenvalue weighted by Gasteiger charge is -2.42. The van der Waals surface area contributed by atoms with E-state index in [0.717, 1.165) is 32.7 Å². The molecule has 1 unspecified atom stereocenters. The number of nitrogens with zero attached hydrogens (tertiary/aromatic N) is 1. The second-order valence-electron chi connectivity index (χ2n) is 5.28. The van der Waals surface area contributed by atoms with Crippen molar-refractivity contribution in [3.8, 4) is 0 Å². The van der Waals surface area contributed by atoms with Crippen LogP contribution in [0.1, 0.15) is 12.0 Å². The molecule has 2 fully saturated rings. The van der Waals surface area contributed by atoms with Crippen LogP contribution in [0.2, 0.25) is 0 Å². The monoisotopic (exact) mass is 253 g/mol. The van der Waals surface area contributed by atoms with Gasteiger partial charge in [-0.3, -0.25) is 4.90 Å². The Morgan fingerprint density at radius 1 is 1.17 bits per heavy atom. The highest BCUT2D eigenvalue weighted by Gasteiger charge is 2.35. The Morgan fingerprint density at radius 2 is 1.89 bits per heavy atom. The van der Waals surface area contributed by atoms with E-state index in [0.29, 0.717) is 18.4 Å². The van der Waals surface area contributed by atoms with Gasteiger partial charge in [0.1, 0.15) is 11.6 Å². The molecule has 2 heterocycles. The fourth-order valence-electron chi connectivity index (χ4n) is 2.87. The highest BCUT2D eigenvalue weighted by Crippen LogP contribution is 2.31. The third kappa shape index (κ3) is 2.27. The van der Waals surface area contributed by atoms with Crippen LogP contribution in [0.25, 0.3) is 0 Å². The van der Waals surface area contributed by atoms with Crippen LogP contribution < -0.4 is 0 Å². The quantitative estimate of drug-likeness (QED) is 0.820. The van der Waals surface area contributed by atoms with E-state index in [4.69, 9.17) is 4.74 Å². The second-order valence-corrected chi connectivity index (χ2v) is 5.28. The van der Waals surface area contributed by atoms with Gasteiger partial charge in [0, 0.05) is 38.4 Å². The number of halogens is 2. The minimum absolute atomic E-state index is 0.193. The maximum Gasteiger partial charge on any atom is 0.130 e. The molecule has 0 saturated carbocycles. The second kappa shape index (κ2) is 4.94. The van der Waals surface area contributed by atoms with Crippen LogP contribution in [0.5, 0.6) is 0 Å². The normalized spacial score (nSPS) is 25.3. The van der Waals surface area contributed by atoms with Crippen molar-refractivity contribution in [2.24, 2.45) is 11.8 Å². The Kier molecular flexibility index (Phi) is 3.31. The van der Waals surface area contributed by atoms with Gasteiger partial charge in [0.15, 0.2) is 0 Å². The van der Waals surface area contributed by atoms with Crippen LogP contribution >= 0.6 is 0 Å². The number of ether oxygens (including phenoxy) is 1. The molecule has 0 aliphatic carbocycles. The van der Waals surface area contributed by atoms with Gasteiger partial charge in [-0.1, -0.05) is 6.07 Å². The lowest BCUT2D eigenvalue weighted by molar-refractivity contribution is 0.0427. The van der Waals surface area contributed by atoms with E-state index in [1.807, 2.05) is 0 Å². The summed E-state index contributed by atoms with van der Waals surface area (Å²) < 4.78 is 32.3. The molecule has 0 amide bonds. The Morgan fingerprint density at radius 3 is 2.50 bits per heavy atom. The van der Waals surface area contributed by atoms with Crippen molar-refractivity contribution in [1.29, 1.82) is 0 Å². The Hall–Kier alpha value is -1.00. The number of likely N-dealkylation sites (tertiary alicyclic amines) is 1. The van der Waals surface area contributed by atoms with Crippen LogP contribution in [-0.2, 0) is 11.3 Å². The first kappa shape index (κ1) is 12.1. The van der Waals surface area contributed by atoms with Crippen molar-refractivity contribution in [1.82, 2.24) is 4.90 Å². The summed E-state index contributed by atoms with van der Waals surface area (Å²) in [5.74, 6) is 0.402. The molecule has 18 heavy (non-hydrogen) atoms. The summed E-state index contributed by atoms with van der Waals surface area (Å²) in [6.07, 6.45) is 1.13. The largest absolute Gasteiger partial charge is 0.381 e. The Balaban J connectivity index is 1.56. The van der Waals surface area contributed by atoms with E-state index >= 15 is 0 Å². The third-order valence-corrected chi connectivity index (χ3v) is 4.06. The van der Waals surface area contributed by atoms with E-state index in [-0.39, 0.29) is 5.56 Å². The van der Waals surface area contributed by atoms with Gasteiger partial charge in [0.25, 0.3) is 0 Å². The molecule has 2 aliphatic rings. The molecule has 2 nitrogen and oxygen atoms in total. The van der Waals surface area contributed by atoms with Crippen molar-refractivity contribution in [3.05, 3.63) is 35.4 Å². The summed E-state index contributed by atoms with van der Waals surface area (Å²) in [4.78, 5) is 2.10. The van der Waals surface area contributed by atoms with Crippen LogP contribution in [0.15, 0.2) is 18.2 Å². The lowest BCUT2D eigenvalue weighted by Crippen LogP contribution is -2.49. The molecule has 1 atom stereocenters.